The normalized spacial score (nSPS) is 16.0. The van der Waals surface area contributed by atoms with Crippen molar-refractivity contribution in [3.05, 3.63) is 47.5 Å². The largest absolute Gasteiger partial charge is 0.496 e. The molecule has 2 aromatic carbocycles. The van der Waals surface area contributed by atoms with Crippen molar-refractivity contribution in [2.75, 3.05) is 40.2 Å². The topological polar surface area (TPSA) is 57.2 Å². The SMILES string of the molecule is COc1cc(OC)c(C2SCCN2C(=O)COc2ccc(C)cc2)cc1OC. The van der Waals surface area contributed by atoms with E-state index >= 15 is 0 Å². The van der Waals surface area contributed by atoms with Gasteiger partial charge in [-0.2, -0.15) is 0 Å². The molecule has 1 aliphatic heterocycles. The maximum Gasteiger partial charge on any atom is 0.261 e. The van der Waals surface area contributed by atoms with Crippen LogP contribution < -0.4 is 18.9 Å². The number of thioether (sulfide) groups is 1. The third-order valence-corrected chi connectivity index (χ3v) is 5.84. The zero-order valence-corrected chi connectivity index (χ0v) is 17.4. The second-order valence-corrected chi connectivity index (χ2v) is 7.55. The molecule has 1 unspecified atom stereocenters. The highest BCUT2D eigenvalue weighted by molar-refractivity contribution is 7.99. The van der Waals surface area contributed by atoms with Crippen LogP contribution in [0.1, 0.15) is 16.5 Å². The molecule has 6 nitrogen and oxygen atoms in total. The molecular formula is C21H25NO5S. The van der Waals surface area contributed by atoms with Crippen LogP contribution in [0.25, 0.3) is 0 Å². The third-order valence-electron chi connectivity index (χ3n) is 4.60. The van der Waals surface area contributed by atoms with E-state index in [0.29, 0.717) is 29.5 Å². The lowest BCUT2D eigenvalue weighted by Crippen LogP contribution is -2.34. The van der Waals surface area contributed by atoms with Crippen molar-refractivity contribution < 1.29 is 23.7 Å². The van der Waals surface area contributed by atoms with Gasteiger partial charge in [-0.25, -0.2) is 0 Å². The average molecular weight is 404 g/mol. The molecule has 0 bridgehead atoms. The first-order valence-corrected chi connectivity index (χ1v) is 10.0. The Bertz CT molecular complexity index is 824. The van der Waals surface area contributed by atoms with E-state index < -0.39 is 0 Å². The van der Waals surface area contributed by atoms with Crippen LogP contribution in [0.5, 0.6) is 23.0 Å². The van der Waals surface area contributed by atoms with Gasteiger partial charge in [-0.05, 0) is 25.1 Å². The number of benzene rings is 2. The van der Waals surface area contributed by atoms with Gasteiger partial charge in [-0.1, -0.05) is 17.7 Å². The molecule has 1 heterocycles. The second-order valence-electron chi connectivity index (χ2n) is 6.36. The maximum atomic E-state index is 12.8. The summed E-state index contributed by atoms with van der Waals surface area (Å²) in [6, 6.07) is 11.3. The summed E-state index contributed by atoms with van der Waals surface area (Å²) in [5.41, 5.74) is 2.03. The number of carbonyl (C=O) groups is 1. The molecule has 3 rings (SSSR count). The highest BCUT2D eigenvalue weighted by Gasteiger charge is 2.33. The van der Waals surface area contributed by atoms with Gasteiger partial charge in [0, 0.05) is 23.9 Å². The fourth-order valence-corrected chi connectivity index (χ4v) is 4.38. The van der Waals surface area contributed by atoms with Gasteiger partial charge in [0.1, 0.15) is 16.9 Å². The highest BCUT2D eigenvalue weighted by atomic mass is 32.2. The summed E-state index contributed by atoms with van der Waals surface area (Å²) in [4.78, 5) is 14.7. The highest BCUT2D eigenvalue weighted by Crippen LogP contribution is 2.46. The zero-order chi connectivity index (χ0) is 20.1. The van der Waals surface area contributed by atoms with E-state index in [1.165, 1.54) is 0 Å². The van der Waals surface area contributed by atoms with E-state index in [0.717, 1.165) is 16.9 Å². The Labute approximate surface area is 169 Å². The molecule has 1 saturated heterocycles. The molecule has 0 spiro atoms. The molecule has 28 heavy (non-hydrogen) atoms. The number of hydrogen-bond donors (Lipinski definition) is 0. The van der Waals surface area contributed by atoms with Gasteiger partial charge < -0.3 is 23.8 Å². The summed E-state index contributed by atoms with van der Waals surface area (Å²) >= 11 is 1.69. The number of aryl methyl sites for hydroxylation is 1. The third kappa shape index (κ3) is 4.30. The van der Waals surface area contributed by atoms with Crippen molar-refractivity contribution in [3.63, 3.8) is 0 Å². The summed E-state index contributed by atoms with van der Waals surface area (Å²) in [6.45, 7) is 2.66. The molecule has 150 valence electrons. The molecule has 0 aromatic heterocycles. The molecule has 0 saturated carbocycles. The van der Waals surface area contributed by atoms with Crippen LogP contribution in [-0.2, 0) is 4.79 Å². The maximum absolute atomic E-state index is 12.8. The van der Waals surface area contributed by atoms with Gasteiger partial charge in [-0.3, -0.25) is 4.79 Å². The molecule has 1 fully saturated rings. The first-order chi connectivity index (χ1) is 13.6. The van der Waals surface area contributed by atoms with E-state index in [1.54, 1.807) is 39.2 Å². The van der Waals surface area contributed by atoms with Crippen LogP contribution in [-0.4, -0.2) is 51.0 Å². The van der Waals surface area contributed by atoms with Crippen molar-refractivity contribution in [1.82, 2.24) is 4.90 Å². The van der Waals surface area contributed by atoms with E-state index in [9.17, 15) is 4.79 Å². The van der Waals surface area contributed by atoms with Gasteiger partial charge in [-0.15, -0.1) is 11.8 Å². The van der Waals surface area contributed by atoms with Crippen LogP contribution >= 0.6 is 11.8 Å². The number of methoxy groups -OCH3 is 3. The monoisotopic (exact) mass is 403 g/mol. The number of hydrogen-bond acceptors (Lipinski definition) is 6. The Hall–Kier alpha value is -2.54. The van der Waals surface area contributed by atoms with Crippen molar-refractivity contribution in [3.8, 4) is 23.0 Å². The summed E-state index contributed by atoms with van der Waals surface area (Å²) in [6.07, 6.45) is 0. The molecule has 0 aliphatic carbocycles. The molecule has 0 radical (unpaired) electrons. The van der Waals surface area contributed by atoms with Gasteiger partial charge in [0.05, 0.1) is 21.3 Å². The summed E-state index contributed by atoms with van der Waals surface area (Å²) in [5, 5.41) is -0.163. The standard InChI is InChI=1S/C21H25NO5S/c1-14-5-7-15(8-6-14)27-13-20(23)22-9-10-28-21(22)16-11-18(25-3)19(26-4)12-17(16)24-2/h5-8,11-12,21H,9-10,13H2,1-4H3. The van der Waals surface area contributed by atoms with E-state index in [-0.39, 0.29) is 17.9 Å². The molecule has 2 aromatic rings. The molecule has 1 aliphatic rings. The first-order valence-electron chi connectivity index (χ1n) is 8.97. The van der Waals surface area contributed by atoms with Crippen LogP contribution in [0, 0.1) is 6.92 Å². The number of amides is 1. The number of rotatable bonds is 7. The van der Waals surface area contributed by atoms with Crippen molar-refractivity contribution in [2.45, 2.75) is 12.3 Å². The lowest BCUT2D eigenvalue weighted by atomic mass is 10.1. The molecule has 0 N–H and O–H groups in total. The fourth-order valence-electron chi connectivity index (χ4n) is 3.09. The van der Waals surface area contributed by atoms with Gasteiger partial charge in [0.25, 0.3) is 5.91 Å². The minimum atomic E-state index is -0.163. The van der Waals surface area contributed by atoms with Crippen molar-refractivity contribution in [2.24, 2.45) is 0 Å². The molecular weight excluding hydrogens is 378 g/mol. The van der Waals surface area contributed by atoms with Crippen LogP contribution in [0.4, 0.5) is 0 Å². The molecule has 1 amide bonds. The Kier molecular flexibility index (Phi) is 6.57. The van der Waals surface area contributed by atoms with E-state index in [1.807, 2.05) is 42.2 Å². The van der Waals surface area contributed by atoms with Crippen molar-refractivity contribution >= 4 is 17.7 Å². The van der Waals surface area contributed by atoms with Gasteiger partial charge in [0.15, 0.2) is 18.1 Å². The lowest BCUT2D eigenvalue weighted by molar-refractivity contribution is -0.133. The van der Waals surface area contributed by atoms with E-state index in [4.69, 9.17) is 18.9 Å². The van der Waals surface area contributed by atoms with Gasteiger partial charge in [0.2, 0.25) is 0 Å². The predicted molar refractivity (Wildman–Crippen MR) is 110 cm³/mol. The molecule has 1 atom stereocenters. The Balaban J connectivity index is 1.78. The Morgan fingerprint density at radius 3 is 2.32 bits per heavy atom. The minimum Gasteiger partial charge on any atom is -0.496 e. The Morgan fingerprint density at radius 1 is 1.04 bits per heavy atom. The van der Waals surface area contributed by atoms with Gasteiger partial charge >= 0.3 is 0 Å². The van der Waals surface area contributed by atoms with Crippen molar-refractivity contribution in [1.29, 1.82) is 0 Å². The predicted octanol–water partition coefficient (Wildman–Crippen LogP) is 3.67. The fraction of sp³-hybridized carbons (Fsp3) is 0.381. The zero-order valence-electron chi connectivity index (χ0n) is 16.6. The number of carbonyl (C=O) groups excluding carboxylic acids is 1. The lowest BCUT2D eigenvalue weighted by Gasteiger charge is -2.26. The quantitative estimate of drug-likeness (QED) is 0.703. The van der Waals surface area contributed by atoms with Crippen LogP contribution in [0.15, 0.2) is 36.4 Å². The van der Waals surface area contributed by atoms with E-state index in [2.05, 4.69) is 0 Å². The average Bonchev–Trinajstić information content (AvgIpc) is 3.21. The Morgan fingerprint density at radius 2 is 1.68 bits per heavy atom. The summed E-state index contributed by atoms with van der Waals surface area (Å²) < 4.78 is 22.0. The van der Waals surface area contributed by atoms with Crippen LogP contribution in [0.3, 0.4) is 0 Å². The first kappa shape index (κ1) is 20.2. The number of nitrogens with zero attached hydrogens (tertiary/aromatic N) is 1. The second kappa shape index (κ2) is 9.10. The minimum absolute atomic E-state index is 0.00424. The number of ether oxygens (including phenoxy) is 4. The summed E-state index contributed by atoms with van der Waals surface area (Å²) in [7, 11) is 4.78. The van der Waals surface area contributed by atoms with Crippen LogP contribution in [0.2, 0.25) is 0 Å². The summed E-state index contributed by atoms with van der Waals surface area (Å²) in [5.74, 6) is 3.33. The molecule has 7 heteroatoms. The smallest absolute Gasteiger partial charge is 0.261 e.